The molecule has 0 aromatic rings. The lowest BCUT2D eigenvalue weighted by molar-refractivity contribution is -0.122. The van der Waals surface area contributed by atoms with Crippen LogP contribution in [0.5, 0.6) is 0 Å². The highest BCUT2D eigenvalue weighted by Gasteiger charge is 2.44. The van der Waals surface area contributed by atoms with E-state index in [0.29, 0.717) is 19.6 Å². The summed E-state index contributed by atoms with van der Waals surface area (Å²) >= 11 is 0. The molecule has 0 radical (unpaired) electrons. The molecule has 82 valence electrons. The molecule has 1 aliphatic rings. The molecule has 1 fully saturated rings. The standard InChI is InChI=1S/C10H20N2O2/c1-8(2)14-7-10(4-5-10)12-9(13)3-6-11/h8H,3-7,11H2,1-2H3,(H,12,13). The van der Waals surface area contributed by atoms with Crippen molar-refractivity contribution in [1.29, 1.82) is 0 Å². The highest BCUT2D eigenvalue weighted by atomic mass is 16.5. The molecule has 0 heterocycles. The molecule has 4 nitrogen and oxygen atoms in total. The largest absolute Gasteiger partial charge is 0.376 e. The first-order chi connectivity index (χ1) is 6.58. The van der Waals surface area contributed by atoms with Crippen LogP contribution in [0, 0.1) is 0 Å². The Morgan fingerprint density at radius 3 is 2.64 bits per heavy atom. The fourth-order valence-corrected chi connectivity index (χ4v) is 1.27. The van der Waals surface area contributed by atoms with Crippen molar-refractivity contribution in [3.8, 4) is 0 Å². The summed E-state index contributed by atoms with van der Waals surface area (Å²) in [5.74, 6) is 0.0392. The minimum atomic E-state index is -0.0729. The third-order valence-electron chi connectivity index (χ3n) is 2.32. The second kappa shape index (κ2) is 4.75. The van der Waals surface area contributed by atoms with Crippen LogP contribution in [0.15, 0.2) is 0 Å². The number of hydrogen-bond acceptors (Lipinski definition) is 3. The average Bonchev–Trinajstić information content (AvgIpc) is 2.83. The predicted molar refractivity (Wildman–Crippen MR) is 54.9 cm³/mol. The highest BCUT2D eigenvalue weighted by molar-refractivity contribution is 5.77. The van der Waals surface area contributed by atoms with Crippen molar-refractivity contribution in [3.63, 3.8) is 0 Å². The molecular formula is C10H20N2O2. The van der Waals surface area contributed by atoms with Crippen molar-refractivity contribution >= 4 is 5.91 Å². The van der Waals surface area contributed by atoms with E-state index in [2.05, 4.69) is 5.32 Å². The summed E-state index contributed by atoms with van der Waals surface area (Å²) in [5.41, 5.74) is 5.23. The first-order valence-electron chi connectivity index (χ1n) is 5.21. The fourth-order valence-electron chi connectivity index (χ4n) is 1.27. The van der Waals surface area contributed by atoms with Crippen LogP contribution in [0.25, 0.3) is 0 Å². The molecule has 3 N–H and O–H groups in total. The second-order valence-corrected chi connectivity index (χ2v) is 4.23. The molecule has 1 aliphatic carbocycles. The molecule has 0 bridgehead atoms. The zero-order valence-electron chi connectivity index (χ0n) is 9.01. The van der Waals surface area contributed by atoms with Crippen LogP contribution < -0.4 is 11.1 Å². The molecule has 1 saturated carbocycles. The first-order valence-corrected chi connectivity index (χ1v) is 5.21. The van der Waals surface area contributed by atoms with Gasteiger partial charge in [0.15, 0.2) is 0 Å². The Bertz CT molecular complexity index is 200. The monoisotopic (exact) mass is 200 g/mol. The third-order valence-corrected chi connectivity index (χ3v) is 2.32. The van der Waals surface area contributed by atoms with Gasteiger partial charge in [-0.15, -0.1) is 0 Å². The maximum atomic E-state index is 11.3. The van der Waals surface area contributed by atoms with Gasteiger partial charge in [0.25, 0.3) is 0 Å². The van der Waals surface area contributed by atoms with Crippen molar-refractivity contribution in [3.05, 3.63) is 0 Å². The van der Waals surface area contributed by atoms with E-state index >= 15 is 0 Å². The van der Waals surface area contributed by atoms with Crippen molar-refractivity contribution in [2.24, 2.45) is 5.73 Å². The highest BCUT2D eigenvalue weighted by Crippen LogP contribution is 2.35. The Morgan fingerprint density at radius 1 is 1.57 bits per heavy atom. The van der Waals surface area contributed by atoms with Crippen LogP contribution in [-0.2, 0) is 9.53 Å². The van der Waals surface area contributed by atoms with Crippen LogP contribution in [0.2, 0.25) is 0 Å². The van der Waals surface area contributed by atoms with Crippen LogP contribution in [0.3, 0.4) is 0 Å². The zero-order valence-corrected chi connectivity index (χ0v) is 9.01. The SMILES string of the molecule is CC(C)OCC1(NC(=O)CCN)CC1. The van der Waals surface area contributed by atoms with Crippen molar-refractivity contribution in [2.45, 2.75) is 44.8 Å². The van der Waals surface area contributed by atoms with Gasteiger partial charge in [0.05, 0.1) is 18.2 Å². The molecule has 0 aromatic heterocycles. The first kappa shape index (κ1) is 11.5. The summed E-state index contributed by atoms with van der Waals surface area (Å²) in [6.07, 6.45) is 2.68. The fraction of sp³-hybridized carbons (Fsp3) is 0.900. The number of carbonyl (C=O) groups is 1. The molecule has 0 aromatic carbocycles. The maximum Gasteiger partial charge on any atom is 0.221 e. The minimum Gasteiger partial charge on any atom is -0.376 e. The van der Waals surface area contributed by atoms with E-state index in [1.165, 1.54) is 0 Å². The van der Waals surface area contributed by atoms with E-state index in [9.17, 15) is 4.79 Å². The number of nitrogens with one attached hydrogen (secondary N) is 1. The lowest BCUT2D eigenvalue weighted by Gasteiger charge is -2.18. The number of nitrogens with two attached hydrogens (primary N) is 1. The quantitative estimate of drug-likeness (QED) is 0.652. The Labute approximate surface area is 85.2 Å². The molecule has 4 heteroatoms. The smallest absolute Gasteiger partial charge is 0.221 e. The average molecular weight is 200 g/mol. The topological polar surface area (TPSA) is 64.3 Å². The normalized spacial score (nSPS) is 18.3. The molecule has 0 atom stereocenters. The lowest BCUT2D eigenvalue weighted by atomic mass is 10.2. The van der Waals surface area contributed by atoms with E-state index in [1.807, 2.05) is 13.8 Å². The van der Waals surface area contributed by atoms with Gasteiger partial charge in [-0.2, -0.15) is 0 Å². The van der Waals surface area contributed by atoms with E-state index in [4.69, 9.17) is 10.5 Å². The van der Waals surface area contributed by atoms with Gasteiger partial charge in [0.2, 0.25) is 5.91 Å². The van der Waals surface area contributed by atoms with E-state index < -0.39 is 0 Å². The molecule has 0 saturated heterocycles. The van der Waals surface area contributed by atoms with Gasteiger partial charge in [0.1, 0.15) is 0 Å². The number of rotatable bonds is 6. The Morgan fingerprint density at radius 2 is 2.21 bits per heavy atom. The van der Waals surface area contributed by atoms with Crippen molar-refractivity contribution < 1.29 is 9.53 Å². The number of ether oxygens (including phenoxy) is 1. The molecule has 0 spiro atoms. The van der Waals surface area contributed by atoms with Crippen LogP contribution in [0.1, 0.15) is 33.1 Å². The van der Waals surface area contributed by atoms with Gasteiger partial charge in [-0.25, -0.2) is 0 Å². The second-order valence-electron chi connectivity index (χ2n) is 4.23. The Balaban J connectivity index is 2.24. The zero-order chi connectivity index (χ0) is 10.6. The molecule has 14 heavy (non-hydrogen) atoms. The van der Waals surface area contributed by atoms with E-state index in [1.54, 1.807) is 0 Å². The van der Waals surface area contributed by atoms with Gasteiger partial charge in [-0.3, -0.25) is 4.79 Å². The van der Waals surface area contributed by atoms with Crippen LogP contribution in [-0.4, -0.2) is 30.7 Å². The van der Waals surface area contributed by atoms with E-state index in [-0.39, 0.29) is 17.6 Å². The van der Waals surface area contributed by atoms with Gasteiger partial charge in [0, 0.05) is 13.0 Å². The van der Waals surface area contributed by atoms with Crippen molar-refractivity contribution in [1.82, 2.24) is 5.32 Å². The summed E-state index contributed by atoms with van der Waals surface area (Å²) < 4.78 is 5.50. The molecular weight excluding hydrogens is 180 g/mol. The number of hydrogen-bond donors (Lipinski definition) is 2. The lowest BCUT2D eigenvalue weighted by Crippen LogP contribution is -2.41. The van der Waals surface area contributed by atoms with Gasteiger partial charge in [-0.05, 0) is 26.7 Å². The van der Waals surface area contributed by atoms with Crippen LogP contribution >= 0.6 is 0 Å². The Hall–Kier alpha value is -0.610. The predicted octanol–water partition coefficient (Wildman–Crippen LogP) is 0.409. The van der Waals surface area contributed by atoms with Gasteiger partial charge >= 0.3 is 0 Å². The summed E-state index contributed by atoms with van der Waals surface area (Å²) in [5, 5.41) is 2.98. The van der Waals surface area contributed by atoms with Gasteiger partial charge < -0.3 is 15.8 Å². The molecule has 0 unspecified atom stereocenters. The Kier molecular flexibility index (Phi) is 3.89. The molecule has 1 amide bonds. The summed E-state index contributed by atoms with van der Waals surface area (Å²) in [6, 6.07) is 0. The summed E-state index contributed by atoms with van der Waals surface area (Å²) in [7, 11) is 0. The van der Waals surface area contributed by atoms with Crippen LogP contribution in [0.4, 0.5) is 0 Å². The minimum absolute atomic E-state index is 0.0392. The van der Waals surface area contributed by atoms with E-state index in [0.717, 1.165) is 12.8 Å². The van der Waals surface area contributed by atoms with Gasteiger partial charge in [-0.1, -0.05) is 0 Å². The molecule has 1 rings (SSSR count). The summed E-state index contributed by atoms with van der Waals surface area (Å²) in [4.78, 5) is 11.3. The number of amides is 1. The molecule has 0 aliphatic heterocycles. The number of carbonyl (C=O) groups excluding carboxylic acids is 1. The summed E-state index contributed by atoms with van der Waals surface area (Å²) in [6.45, 7) is 5.03. The third kappa shape index (κ3) is 3.64. The maximum absolute atomic E-state index is 11.3. The van der Waals surface area contributed by atoms with Crippen molar-refractivity contribution in [2.75, 3.05) is 13.2 Å².